The molecule has 16 heteroatoms. The van der Waals surface area contributed by atoms with Crippen LogP contribution < -0.4 is 21.8 Å². The van der Waals surface area contributed by atoms with E-state index in [0.717, 1.165) is 6.92 Å². The average molecular weight is 598 g/mol. The van der Waals surface area contributed by atoms with E-state index in [2.05, 4.69) is 36.2 Å². The lowest BCUT2D eigenvalue weighted by Gasteiger charge is -2.12. The summed E-state index contributed by atoms with van der Waals surface area (Å²) < 4.78 is 27.1. The van der Waals surface area contributed by atoms with Crippen LogP contribution in [0.3, 0.4) is 0 Å². The number of hydrogen-bond acceptors (Lipinski definition) is 11. The number of rotatable bonds is 10. The molecule has 1 aromatic carbocycles. The molecule has 0 atom stereocenters. The molecule has 0 spiro atoms. The van der Waals surface area contributed by atoms with E-state index in [9.17, 15) is 13.6 Å². The van der Waals surface area contributed by atoms with Crippen LogP contribution in [0.4, 0.5) is 32.1 Å². The van der Waals surface area contributed by atoms with Crippen molar-refractivity contribution in [2.75, 3.05) is 48.7 Å². The van der Waals surface area contributed by atoms with Crippen molar-refractivity contribution in [3.8, 4) is 11.3 Å². The smallest absolute Gasteiger partial charge is 0.378 e. The molecule has 0 radical (unpaired) electrons. The van der Waals surface area contributed by atoms with Gasteiger partial charge in [0.25, 0.3) is 5.82 Å². The van der Waals surface area contributed by atoms with Crippen molar-refractivity contribution < 1.29 is 23.1 Å². The number of benzene rings is 1. The van der Waals surface area contributed by atoms with E-state index in [1.807, 2.05) is 0 Å². The number of anilines is 4. The van der Waals surface area contributed by atoms with Gasteiger partial charge in [0.05, 0.1) is 24.4 Å². The topological polar surface area (TPSA) is 154 Å². The van der Waals surface area contributed by atoms with Crippen LogP contribution in [0.25, 0.3) is 16.9 Å². The SMILES string of the molecule is CC(F)F.CCOC(=O)c1nc2cc(-c3ccc(Cl)cc3Cl)nc(NCCNc3ccc(NOC)c(N)n3)n2n1. The van der Waals surface area contributed by atoms with Crippen LogP contribution in [0.1, 0.15) is 24.5 Å². The summed E-state index contributed by atoms with van der Waals surface area (Å²) >= 11 is 12.4. The molecule has 0 fully saturated rings. The molecule has 0 aliphatic carbocycles. The highest BCUT2D eigenvalue weighted by Crippen LogP contribution is 2.30. The number of nitrogen functional groups attached to an aromatic ring is 1. The van der Waals surface area contributed by atoms with Crippen LogP contribution in [0.15, 0.2) is 36.4 Å². The molecule has 3 heterocycles. The molecule has 3 aromatic heterocycles. The number of carbonyl (C=O) groups excluding carboxylic acids is 1. The van der Waals surface area contributed by atoms with Crippen molar-refractivity contribution >= 4 is 58.1 Å². The second-order valence-corrected chi connectivity index (χ2v) is 8.67. The predicted molar refractivity (Wildman–Crippen MR) is 150 cm³/mol. The summed E-state index contributed by atoms with van der Waals surface area (Å²) in [7, 11) is 1.49. The third-order valence-corrected chi connectivity index (χ3v) is 5.39. The molecule has 12 nitrogen and oxygen atoms in total. The average Bonchev–Trinajstić information content (AvgIpc) is 3.33. The lowest BCUT2D eigenvalue weighted by atomic mass is 10.1. The Kier molecular flexibility index (Phi) is 11.0. The monoisotopic (exact) mass is 597 g/mol. The Morgan fingerprint density at radius 3 is 2.48 bits per heavy atom. The maximum absolute atomic E-state index is 12.2. The molecule has 0 saturated carbocycles. The molecule has 0 bridgehead atoms. The van der Waals surface area contributed by atoms with Crippen LogP contribution in [0, 0.1) is 0 Å². The first-order chi connectivity index (χ1) is 19.1. The number of fused-ring (bicyclic) bond motifs is 1. The minimum atomic E-state index is -2.17. The van der Waals surface area contributed by atoms with Gasteiger partial charge < -0.3 is 21.1 Å². The molecule has 0 aliphatic rings. The van der Waals surface area contributed by atoms with E-state index in [0.29, 0.717) is 63.3 Å². The number of nitrogens with zero attached hydrogens (tertiary/aromatic N) is 5. The maximum atomic E-state index is 12.2. The molecule has 4 aromatic rings. The first-order valence-electron chi connectivity index (χ1n) is 11.8. The Bertz CT molecular complexity index is 1450. The van der Waals surface area contributed by atoms with Gasteiger partial charge in [-0.05, 0) is 44.2 Å². The van der Waals surface area contributed by atoms with Gasteiger partial charge in [0.15, 0.2) is 11.5 Å². The minimum Gasteiger partial charge on any atom is -0.460 e. The number of esters is 1. The highest BCUT2D eigenvalue weighted by atomic mass is 35.5. The van der Waals surface area contributed by atoms with Gasteiger partial charge in [-0.2, -0.15) is 4.52 Å². The maximum Gasteiger partial charge on any atom is 0.378 e. The van der Waals surface area contributed by atoms with Gasteiger partial charge in [0, 0.05) is 29.7 Å². The fourth-order valence-electron chi connectivity index (χ4n) is 3.26. The van der Waals surface area contributed by atoms with Gasteiger partial charge in [-0.25, -0.2) is 28.5 Å². The first-order valence-corrected chi connectivity index (χ1v) is 12.6. The van der Waals surface area contributed by atoms with Crippen molar-refractivity contribution in [2.45, 2.75) is 20.3 Å². The Morgan fingerprint density at radius 2 is 1.82 bits per heavy atom. The number of pyridine rings is 1. The lowest BCUT2D eigenvalue weighted by Crippen LogP contribution is -2.18. The summed E-state index contributed by atoms with van der Waals surface area (Å²) in [6, 6.07) is 10.3. The Morgan fingerprint density at radius 1 is 1.10 bits per heavy atom. The number of aromatic nitrogens is 5. The van der Waals surface area contributed by atoms with E-state index in [1.54, 1.807) is 43.3 Å². The number of nitrogens with two attached hydrogens (primary N) is 1. The number of halogens is 4. The lowest BCUT2D eigenvalue weighted by molar-refractivity contribution is 0.0512. The van der Waals surface area contributed by atoms with E-state index < -0.39 is 12.4 Å². The van der Waals surface area contributed by atoms with Gasteiger partial charge in [0.1, 0.15) is 11.5 Å². The van der Waals surface area contributed by atoms with Crippen molar-refractivity contribution in [2.24, 2.45) is 0 Å². The highest BCUT2D eigenvalue weighted by Gasteiger charge is 2.18. The number of ether oxygens (including phenoxy) is 1. The van der Waals surface area contributed by atoms with Crippen molar-refractivity contribution in [3.05, 3.63) is 52.3 Å². The molecule has 5 N–H and O–H groups in total. The zero-order valence-corrected chi connectivity index (χ0v) is 23.2. The molecule has 0 aliphatic heterocycles. The molecule has 40 heavy (non-hydrogen) atoms. The summed E-state index contributed by atoms with van der Waals surface area (Å²) in [5, 5.41) is 11.6. The number of carbonyl (C=O) groups is 1. The van der Waals surface area contributed by atoms with Crippen LogP contribution in [-0.4, -0.2) is 63.8 Å². The first kappa shape index (κ1) is 30.5. The second-order valence-electron chi connectivity index (χ2n) is 7.82. The van der Waals surface area contributed by atoms with Crippen molar-refractivity contribution in [1.29, 1.82) is 0 Å². The third-order valence-electron chi connectivity index (χ3n) is 4.84. The van der Waals surface area contributed by atoms with Crippen molar-refractivity contribution in [1.82, 2.24) is 24.6 Å². The Hall–Kier alpha value is -4.01. The van der Waals surface area contributed by atoms with Crippen LogP contribution >= 0.6 is 23.2 Å². The van der Waals surface area contributed by atoms with E-state index >= 15 is 0 Å². The Balaban J connectivity index is 0.00000103. The highest BCUT2D eigenvalue weighted by molar-refractivity contribution is 6.36. The summed E-state index contributed by atoms with van der Waals surface area (Å²) in [5.74, 6) is 0.519. The fraction of sp³-hybridized carbons (Fsp3) is 0.292. The molecule has 0 saturated heterocycles. The molecular weight excluding hydrogens is 571 g/mol. The zero-order valence-electron chi connectivity index (χ0n) is 21.7. The number of nitrogens with one attached hydrogen (secondary N) is 3. The second kappa shape index (κ2) is 14.4. The van der Waals surface area contributed by atoms with Crippen molar-refractivity contribution in [3.63, 3.8) is 0 Å². The standard InChI is InChI=1S/C22H23Cl2N9O3.C2H4F2/c1-3-36-21(34)20-30-18-11-16(13-5-4-12(23)10-14(13)24)28-22(33(18)31-20)27-9-8-26-17-7-6-15(32-35-2)19(25)29-17;1-2(3)4/h4-7,10-11,32H,3,8-9H2,1-2H3,(H,27,28)(H3,25,26,29);2H,1H3. The summed E-state index contributed by atoms with van der Waals surface area (Å²) in [6.07, 6.45) is -2.17. The molecule has 214 valence electrons. The van der Waals surface area contributed by atoms with E-state index in [-0.39, 0.29) is 12.4 Å². The Labute approximate surface area is 238 Å². The summed E-state index contributed by atoms with van der Waals surface area (Å²) in [4.78, 5) is 30.3. The number of alkyl halides is 2. The van der Waals surface area contributed by atoms with Gasteiger partial charge in [-0.1, -0.05) is 23.2 Å². The van der Waals surface area contributed by atoms with E-state index in [4.69, 9.17) is 38.5 Å². The summed E-state index contributed by atoms with van der Waals surface area (Å²) in [6.45, 7) is 3.64. The number of hydrogen-bond donors (Lipinski definition) is 4. The van der Waals surface area contributed by atoms with Gasteiger partial charge in [0.2, 0.25) is 12.4 Å². The molecule has 0 amide bonds. The zero-order chi connectivity index (χ0) is 29.2. The van der Waals surface area contributed by atoms with E-state index in [1.165, 1.54) is 11.6 Å². The van der Waals surface area contributed by atoms with Crippen LogP contribution in [-0.2, 0) is 9.57 Å². The molecular formula is C24H27Cl2F2N9O3. The largest absolute Gasteiger partial charge is 0.460 e. The molecule has 0 unspecified atom stereocenters. The normalized spacial score (nSPS) is 10.7. The fourth-order valence-corrected chi connectivity index (χ4v) is 3.76. The van der Waals surface area contributed by atoms with Gasteiger partial charge in [-0.3, -0.25) is 10.3 Å². The summed E-state index contributed by atoms with van der Waals surface area (Å²) in [5.41, 5.74) is 10.7. The van der Waals surface area contributed by atoms with Gasteiger partial charge in [-0.15, -0.1) is 5.10 Å². The van der Waals surface area contributed by atoms with Gasteiger partial charge >= 0.3 is 5.97 Å². The molecule has 4 rings (SSSR count). The minimum absolute atomic E-state index is 0.0800. The van der Waals surface area contributed by atoms with Crippen LogP contribution in [0.5, 0.6) is 0 Å². The quantitative estimate of drug-likeness (QED) is 0.111. The van der Waals surface area contributed by atoms with Crippen LogP contribution in [0.2, 0.25) is 10.0 Å². The third kappa shape index (κ3) is 8.24. The predicted octanol–water partition coefficient (Wildman–Crippen LogP) is 5.02.